The van der Waals surface area contributed by atoms with Crippen molar-refractivity contribution in [2.45, 2.75) is 59.2 Å². The lowest BCUT2D eigenvalue weighted by Crippen LogP contribution is -2.35. The maximum Gasteiger partial charge on any atom is 0.0750 e. The number of nitrogens with one attached hydrogen (secondary N) is 2. The maximum absolute atomic E-state index is 7.88. The Morgan fingerprint density at radius 1 is 1.04 bits per heavy atom. The summed E-state index contributed by atoms with van der Waals surface area (Å²) in [6, 6.07) is 8.07. The smallest absolute Gasteiger partial charge is 0.0750 e. The summed E-state index contributed by atoms with van der Waals surface area (Å²) >= 11 is 0. The van der Waals surface area contributed by atoms with Crippen molar-refractivity contribution in [1.82, 2.24) is 10.6 Å². The third kappa shape index (κ3) is 13.4. The maximum atomic E-state index is 7.88. The van der Waals surface area contributed by atoms with Crippen molar-refractivity contribution in [2.24, 2.45) is 5.11 Å². The van der Waals surface area contributed by atoms with Crippen molar-refractivity contribution < 1.29 is 0 Å². The molecule has 1 aromatic rings. The van der Waals surface area contributed by atoms with E-state index in [1.54, 1.807) is 0 Å². The molecule has 0 saturated heterocycles. The van der Waals surface area contributed by atoms with Crippen LogP contribution in [0, 0.1) is 12.3 Å². The fourth-order valence-electron chi connectivity index (χ4n) is 1.39. The molecule has 23 heavy (non-hydrogen) atoms. The molecule has 0 radical (unpaired) electrons. The summed E-state index contributed by atoms with van der Waals surface area (Å²) in [5.41, 5.74) is 10.3. The van der Waals surface area contributed by atoms with Gasteiger partial charge in [-0.25, -0.2) is 0 Å². The van der Waals surface area contributed by atoms with Crippen LogP contribution in [0.1, 0.15) is 52.7 Å². The molecule has 0 heterocycles. The Morgan fingerprint density at radius 2 is 1.57 bits per heavy atom. The van der Waals surface area contributed by atoms with Crippen molar-refractivity contribution in [2.75, 3.05) is 6.67 Å². The van der Waals surface area contributed by atoms with Crippen molar-refractivity contribution in [3.05, 3.63) is 45.8 Å². The normalized spacial score (nSPS) is 10.8. The second kappa shape index (κ2) is 9.91. The van der Waals surface area contributed by atoms with E-state index in [0.717, 1.165) is 12.1 Å². The molecular weight excluding hydrogens is 286 g/mol. The molecule has 2 N–H and O–H groups in total. The van der Waals surface area contributed by atoms with Crippen molar-refractivity contribution in [1.29, 1.82) is 0 Å². The van der Waals surface area contributed by atoms with Crippen molar-refractivity contribution in [3.8, 4) is 12.3 Å². The minimum atomic E-state index is 0.0359. The summed E-state index contributed by atoms with van der Waals surface area (Å²) in [4.78, 5) is 2.60. The van der Waals surface area contributed by atoms with Gasteiger partial charge in [0.1, 0.15) is 0 Å². The number of rotatable bonds is 4. The lowest BCUT2D eigenvalue weighted by molar-refractivity contribution is 0.424. The van der Waals surface area contributed by atoms with E-state index < -0.39 is 0 Å². The van der Waals surface area contributed by atoms with Gasteiger partial charge in [-0.2, -0.15) is 0 Å². The van der Waals surface area contributed by atoms with E-state index in [1.807, 2.05) is 32.9 Å². The van der Waals surface area contributed by atoms with Gasteiger partial charge in [-0.3, -0.25) is 0 Å². The molecule has 0 bridgehead atoms. The Bertz CT molecular complexity index is 535. The Labute approximate surface area is 140 Å². The van der Waals surface area contributed by atoms with Crippen LogP contribution in [-0.4, -0.2) is 17.7 Å². The number of hydrogen-bond donors (Lipinski definition) is 2. The van der Waals surface area contributed by atoms with Crippen LogP contribution in [0.4, 0.5) is 0 Å². The zero-order valence-electron chi connectivity index (χ0n) is 15.1. The first-order chi connectivity index (χ1) is 10.6. The zero-order chi connectivity index (χ0) is 17.9. The number of benzene rings is 1. The van der Waals surface area contributed by atoms with Gasteiger partial charge in [-0.15, -0.1) is 6.42 Å². The van der Waals surface area contributed by atoms with Crippen LogP contribution in [0.3, 0.4) is 0 Å². The van der Waals surface area contributed by atoms with E-state index in [4.69, 9.17) is 12.0 Å². The first-order valence-electron chi connectivity index (χ1n) is 7.64. The molecule has 0 aliphatic heterocycles. The van der Waals surface area contributed by atoms with Gasteiger partial charge in [0.2, 0.25) is 0 Å². The molecule has 0 amide bonds. The second-order valence-corrected chi connectivity index (χ2v) is 7.26. The SMILES string of the molecule is C#Cc1ccc(CNC(C)(C)C)cc1.CC(C)(C)NCN=[N+]=[N-]. The fraction of sp³-hybridized carbons (Fsp3) is 0.556. The number of azide groups is 1. The third-order valence-electron chi connectivity index (χ3n) is 2.69. The van der Waals surface area contributed by atoms with Crippen LogP contribution >= 0.6 is 0 Å². The van der Waals surface area contributed by atoms with Gasteiger partial charge in [-0.05, 0) is 64.8 Å². The molecule has 0 aromatic heterocycles. The molecule has 0 spiro atoms. The molecule has 0 atom stereocenters. The van der Waals surface area contributed by atoms with E-state index >= 15 is 0 Å². The monoisotopic (exact) mass is 315 g/mol. The van der Waals surface area contributed by atoms with E-state index in [1.165, 1.54) is 5.56 Å². The average Bonchev–Trinajstić information content (AvgIpc) is 2.45. The molecular formula is C18H29N5. The Hall–Kier alpha value is -1.99. The Kier molecular flexibility index (Phi) is 9.05. The highest BCUT2D eigenvalue weighted by atomic mass is 15.2. The molecule has 0 aliphatic rings. The molecule has 5 heteroatoms. The van der Waals surface area contributed by atoms with Crippen LogP contribution in [0.15, 0.2) is 29.4 Å². The molecule has 1 aromatic carbocycles. The third-order valence-corrected chi connectivity index (χ3v) is 2.69. The van der Waals surface area contributed by atoms with Gasteiger partial charge in [0.25, 0.3) is 0 Å². The van der Waals surface area contributed by atoms with Gasteiger partial charge in [-0.1, -0.05) is 23.2 Å². The predicted octanol–water partition coefficient (Wildman–Crippen LogP) is 4.20. The zero-order valence-corrected chi connectivity index (χ0v) is 15.1. The van der Waals surface area contributed by atoms with Crippen LogP contribution in [0.2, 0.25) is 0 Å². The molecule has 0 saturated carbocycles. The Balaban J connectivity index is 0.000000468. The van der Waals surface area contributed by atoms with Crippen LogP contribution in [-0.2, 0) is 6.54 Å². The molecule has 1 rings (SSSR count). The van der Waals surface area contributed by atoms with Crippen molar-refractivity contribution >= 4 is 0 Å². The van der Waals surface area contributed by atoms with Crippen LogP contribution < -0.4 is 10.6 Å². The number of nitrogens with zero attached hydrogens (tertiary/aromatic N) is 3. The second-order valence-electron chi connectivity index (χ2n) is 7.26. The standard InChI is InChI=1S/C13H17N.C5H12N4/c1-5-11-6-8-12(9-7-11)10-14-13(2,3)4;1-5(2,3)7-4-8-9-6/h1,6-9,14H,10H2,2-4H3;7H,4H2,1-3H3. The highest BCUT2D eigenvalue weighted by Crippen LogP contribution is 2.06. The molecule has 0 unspecified atom stereocenters. The fourth-order valence-corrected chi connectivity index (χ4v) is 1.39. The lowest BCUT2D eigenvalue weighted by atomic mass is 10.1. The van der Waals surface area contributed by atoms with Gasteiger partial charge < -0.3 is 10.6 Å². The van der Waals surface area contributed by atoms with Gasteiger partial charge in [0, 0.05) is 28.1 Å². The first-order valence-corrected chi connectivity index (χ1v) is 7.64. The summed E-state index contributed by atoms with van der Waals surface area (Å²) < 4.78 is 0. The largest absolute Gasteiger partial charge is 0.308 e. The summed E-state index contributed by atoms with van der Waals surface area (Å²) in [5.74, 6) is 2.61. The number of terminal acetylenes is 1. The topological polar surface area (TPSA) is 72.8 Å². The lowest BCUT2D eigenvalue weighted by Gasteiger charge is -2.20. The van der Waals surface area contributed by atoms with E-state index in [2.05, 4.69) is 59.5 Å². The highest BCUT2D eigenvalue weighted by molar-refractivity contribution is 5.34. The van der Waals surface area contributed by atoms with Gasteiger partial charge in [0.05, 0.1) is 6.67 Å². The van der Waals surface area contributed by atoms with E-state index in [0.29, 0.717) is 6.67 Å². The van der Waals surface area contributed by atoms with Gasteiger partial charge >= 0.3 is 0 Å². The molecule has 0 fully saturated rings. The Morgan fingerprint density at radius 3 is 1.96 bits per heavy atom. The van der Waals surface area contributed by atoms with Crippen LogP contribution in [0.25, 0.3) is 10.4 Å². The first kappa shape index (κ1) is 21.0. The van der Waals surface area contributed by atoms with E-state index in [9.17, 15) is 0 Å². The summed E-state index contributed by atoms with van der Waals surface area (Å²) in [6.07, 6.45) is 5.28. The molecule has 0 aliphatic carbocycles. The van der Waals surface area contributed by atoms with Gasteiger partial charge in [0.15, 0.2) is 0 Å². The van der Waals surface area contributed by atoms with Crippen LogP contribution in [0.5, 0.6) is 0 Å². The quantitative estimate of drug-likeness (QED) is 0.378. The average molecular weight is 315 g/mol. The summed E-state index contributed by atoms with van der Waals surface area (Å²) in [6.45, 7) is 13.8. The molecule has 5 nitrogen and oxygen atoms in total. The summed E-state index contributed by atoms with van der Waals surface area (Å²) in [5, 5.41) is 9.75. The highest BCUT2D eigenvalue weighted by Gasteiger charge is 2.07. The van der Waals surface area contributed by atoms with E-state index in [-0.39, 0.29) is 11.1 Å². The number of hydrogen-bond acceptors (Lipinski definition) is 3. The van der Waals surface area contributed by atoms with Crippen molar-refractivity contribution in [3.63, 3.8) is 0 Å². The minimum absolute atomic E-state index is 0.0359. The predicted molar refractivity (Wildman–Crippen MR) is 97.9 cm³/mol. The summed E-state index contributed by atoms with van der Waals surface area (Å²) in [7, 11) is 0. The molecule has 126 valence electrons. The minimum Gasteiger partial charge on any atom is -0.308 e.